The van der Waals surface area contributed by atoms with Crippen molar-refractivity contribution in [1.82, 2.24) is 10.2 Å². The zero-order valence-electron chi connectivity index (χ0n) is 18.2. The van der Waals surface area contributed by atoms with E-state index in [4.69, 9.17) is 11.6 Å². The molecule has 1 atom stereocenters. The lowest BCUT2D eigenvalue weighted by molar-refractivity contribution is -0.138. The Labute approximate surface area is 189 Å². The minimum Gasteiger partial charge on any atom is -0.354 e. The second-order valence-corrected chi connectivity index (χ2v) is 9.36. The molecule has 0 radical (unpaired) electrons. The summed E-state index contributed by atoms with van der Waals surface area (Å²) in [6.45, 7) is 8.90. The number of aryl methyl sites for hydroxylation is 1. The standard InChI is InChI=1S/C24H31ClN2O2S/c1-17(2)13-26-24(29)19(4)27(14-20-9-11-22(25)12-10-20)23(28)16-30-15-21-7-5-18(3)6-8-21/h5-12,17,19H,13-16H2,1-4H3,(H,26,29)/t19-/m1/s1. The molecule has 0 unspecified atom stereocenters. The first kappa shape index (κ1) is 24.3. The predicted molar refractivity (Wildman–Crippen MR) is 127 cm³/mol. The van der Waals surface area contributed by atoms with Crippen LogP contribution in [0.1, 0.15) is 37.5 Å². The average Bonchev–Trinajstić information content (AvgIpc) is 2.72. The van der Waals surface area contributed by atoms with Gasteiger partial charge in [-0.1, -0.05) is 67.4 Å². The molecule has 0 saturated carbocycles. The quantitative estimate of drug-likeness (QED) is 0.554. The van der Waals surface area contributed by atoms with Crippen LogP contribution in [0.3, 0.4) is 0 Å². The van der Waals surface area contributed by atoms with Crippen LogP contribution in [0.5, 0.6) is 0 Å². The molecule has 0 aliphatic carbocycles. The van der Waals surface area contributed by atoms with Gasteiger partial charge >= 0.3 is 0 Å². The molecule has 0 bridgehead atoms. The lowest BCUT2D eigenvalue weighted by atomic mass is 10.1. The summed E-state index contributed by atoms with van der Waals surface area (Å²) in [5, 5.41) is 3.58. The number of hydrogen-bond acceptors (Lipinski definition) is 3. The topological polar surface area (TPSA) is 49.4 Å². The largest absolute Gasteiger partial charge is 0.354 e. The van der Waals surface area contributed by atoms with Crippen molar-refractivity contribution < 1.29 is 9.59 Å². The van der Waals surface area contributed by atoms with Crippen molar-refractivity contribution in [3.8, 4) is 0 Å². The zero-order chi connectivity index (χ0) is 22.1. The van der Waals surface area contributed by atoms with E-state index in [1.54, 1.807) is 35.7 Å². The predicted octanol–water partition coefficient (Wildman–Crippen LogP) is 5.07. The number of nitrogens with zero attached hydrogens (tertiary/aromatic N) is 1. The Bertz CT molecular complexity index is 822. The van der Waals surface area contributed by atoms with Gasteiger partial charge in [-0.05, 0) is 43.0 Å². The number of carbonyl (C=O) groups excluding carboxylic acids is 2. The lowest BCUT2D eigenvalue weighted by Gasteiger charge is -2.29. The van der Waals surface area contributed by atoms with Gasteiger partial charge in [-0.2, -0.15) is 0 Å². The van der Waals surface area contributed by atoms with E-state index in [1.807, 2.05) is 26.0 Å². The SMILES string of the molecule is Cc1ccc(CSCC(=O)N(Cc2ccc(Cl)cc2)[C@H](C)C(=O)NCC(C)C)cc1. The third-order valence-corrected chi connectivity index (χ3v) is 5.97. The summed E-state index contributed by atoms with van der Waals surface area (Å²) < 4.78 is 0. The Morgan fingerprint density at radius 1 is 1.00 bits per heavy atom. The molecule has 0 aliphatic rings. The van der Waals surface area contributed by atoms with E-state index >= 15 is 0 Å². The molecule has 0 spiro atoms. The zero-order valence-corrected chi connectivity index (χ0v) is 19.7. The summed E-state index contributed by atoms with van der Waals surface area (Å²) in [5.41, 5.74) is 3.35. The van der Waals surface area contributed by atoms with Crippen molar-refractivity contribution in [1.29, 1.82) is 0 Å². The van der Waals surface area contributed by atoms with Crippen LogP contribution in [0.25, 0.3) is 0 Å². The van der Waals surface area contributed by atoms with Gasteiger partial charge in [0.05, 0.1) is 5.75 Å². The highest BCUT2D eigenvalue weighted by Gasteiger charge is 2.26. The molecule has 30 heavy (non-hydrogen) atoms. The number of carbonyl (C=O) groups is 2. The number of hydrogen-bond donors (Lipinski definition) is 1. The van der Waals surface area contributed by atoms with Crippen LogP contribution in [-0.2, 0) is 21.9 Å². The van der Waals surface area contributed by atoms with Crippen molar-refractivity contribution in [2.75, 3.05) is 12.3 Å². The first-order chi connectivity index (χ1) is 14.3. The summed E-state index contributed by atoms with van der Waals surface area (Å²) >= 11 is 7.55. The second-order valence-electron chi connectivity index (χ2n) is 7.94. The highest BCUT2D eigenvalue weighted by atomic mass is 35.5. The third kappa shape index (κ3) is 8.04. The molecule has 0 heterocycles. The van der Waals surface area contributed by atoms with Crippen LogP contribution in [0, 0.1) is 12.8 Å². The van der Waals surface area contributed by atoms with E-state index in [1.165, 1.54) is 11.1 Å². The van der Waals surface area contributed by atoms with Crippen molar-refractivity contribution >= 4 is 35.2 Å². The molecule has 0 aromatic heterocycles. The van der Waals surface area contributed by atoms with Crippen LogP contribution >= 0.6 is 23.4 Å². The van der Waals surface area contributed by atoms with Gasteiger partial charge in [-0.3, -0.25) is 9.59 Å². The van der Waals surface area contributed by atoms with E-state index in [-0.39, 0.29) is 11.8 Å². The van der Waals surface area contributed by atoms with E-state index in [0.29, 0.717) is 29.8 Å². The Hall–Kier alpha value is -1.98. The smallest absolute Gasteiger partial charge is 0.242 e. The second kappa shape index (κ2) is 12.0. The maximum Gasteiger partial charge on any atom is 0.242 e. The number of thioether (sulfide) groups is 1. The van der Waals surface area contributed by atoms with Gasteiger partial charge in [-0.15, -0.1) is 11.8 Å². The molecule has 2 rings (SSSR count). The molecular weight excluding hydrogens is 416 g/mol. The number of amides is 2. The van der Waals surface area contributed by atoms with Gasteiger partial charge in [0.25, 0.3) is 0 Å². The maximum absolute atomic E-state index is 13.0. The van der Waals surface area contributed by atoms with Gasteiger partial charge in [0.1, 0.15) is 6.04 Å². The average molecular weight is 447 g/mol. The number of halogens is 1. The Morgan fingerprint density at radius 2 is 1.60 bits per heavy atom. The number of rotatable bonds is 10. The molecule has 162 valence electrons. The highest BCUT2D eigenvalue weighted by molar-refractivity contribution is 7.99. The molecule has 2 amide bonds. The molecule has 0 aliphatic heterocycles. The van der Waals surface area contributed by atoms with Gasteiger partial charge in [0.15, 0.2) is 0 Å². The maximum atomic E-state index is 13.0. The normalized spacial score (nSPS) is 11.9. The molecule has 6 heteroatoms. The van der Waals surface area contributed by atoms with Crippen LogP contribution in [0.2, 0.25) is 5.02 Å². The fourth-order valence-corrected chi connectivity index (χ4v) is 3.84. The molecule has 2 aromatic rings. The Kier molecular flexibility index (Phi) is 9.73. The molecule has 1 N–H and O–H groups in total. The third-order valence-electron chi connectivity index (χ3n) is 4.73. The fourth-order valence-electron chi connectivity index (χ4n) is 2.84. The number of nitrogens with one attached hydrogen (secondary N) is 1. The molecule has 0 saturated heterocycles. The van der Waals surface area contributed by atoms with Crippen molar-refractivity contribution in [3.63, 3.8) is 0 Å². The Balaban J connectivity index is 2.04. The van der Waals surface area contributed by atoms with Gasteiger partial charge in [0.2, 0.25) is 11.8 Å². The van der Waals surface area contributed by atoms with Crippen LogP contribution in [0.4, 0.5) is 0 Å². The van der Waals surface area contributed by atoms with E-state index < -0.39 is 6.04 Å². The summed E-state index contributed by atoms with van der Waals surface area (Å²) in [6.07, 6.45) is 0. The summed E-state index contributed by atoms with van der Waals surface area (Å²) in [5.74, 6) is 1.26. The summed E-state index contributed by atoms with van der Waals surface area (Å²) in [6, 6.07) is 15.1. The summed E-state index contributed by atoms with van der Waals surface area (Å²) in [7, 11) is 0. The van der Waals surface area contributed by atoms with Crippen LogP contribution in [-0.4, -0.2) is 35.1 Å². The first-order valence-electron chi connectivity index (χ1n) is 10.2. The highest BCUT2D eigenvalue weighted by Crippen LogP contribution is 2.17. The van der Waals surface area contributed by atoms with Gasteiger partial charge in [0, 0.05) is 23.9 Å². The van der Waals surface area contributed by atoms with Gasteiger partial charge < -0.3 is 10.2 Å². The van der Waals surface area contributed by atoms with Crippen molar-refractivity contribution in [2.45, 2.75) is 46.0 Å². The Morgan fingerprint density at radius 3 is 2.20 bits per heavy atom. The molecule has 2 aromatic carbocycles. The van der Waals surface area contributed by atoms with E-state index in [0.717, 1.165) is 11.3 Å². The molecule has 0 fully saturated rings. The lowest BCUT2D eigenvalue weighted by Crippen LogP contribution is -2.48. The molecule has 4 nitrogen and oxygen atoms in total. The van der Waals surface area contributed by atoms with E-state index in [2.05, 4.69) is 36.5 Å². The fraction of sp³-hybridized carbons (Fsp3) is 0.417. The van der Waals surface area contributed by atoms with Gasteiger partial charge in [-0.25, -0.2) is 0 Å². The number of benzene rings is 2. The molecular formula is C24H31ClN2O2S. The van der Waals surface area contributed by atoms with Crippen molar-refractivity contribution in [2.24, 2.45) is 5.92 Å². The minimum atomic E-state index is -0.549. The minimum absolute atomic E-state index is 0.0470. The summed E-state index contributed by atoms with van der Waals surface area (Å²) in [4.78, 5) is 27.3. The van der Waals surface area contributed by atoms with Crippen LogP contribution in [0.15, 0.2) is 48.5 Å². The monoisotopic (exact) mass is 446 g/mol. The van der Waals surface area contributed by atoms with Crippen LogP contribution < -0.4 is 5.32 Å². The first-order valence-corrected chi connectivity index (χ1v) is 11.7. The van der Waals surface area contributed by atoms with Crippen molar-refractivity contribution in [3.05, 3.63) is 70.2 Å². The van der Waals surface area contributed by atoms with E-state index in [9.17, 15) is 9.59 Å².